The van der Waals surface area contributed by atoms with Crippen LogP contribution >= 0.6 is 0 Å². The number of sulfonamides is 1. The Balaban J connectivity index is 0.00000272. The first-order valence-corrected chi connectivity index (χ1v) is 12.3. The van der Waals surface area contributed by atoms with Crippen molar-refractivity contribution < 1.29 is 47.9 Å². The van der Waals surface area contributed by atoms with E-state index in [2.05, 4.69) is 10.8 Å². The zero-order valence-corrected chi connectivity index (χ0v) is 20.8. The van der Waals surface area contributed by atoms with Crippen molar-refractivity contribution in [3.05, 3.63) is 54.6 Å². The molecule has 5 nitrogen and oxygen atoms in total. The number of hydrogen-bond acceptors (Lipinski definition) is 4. The average molecular weight is 450 g/mol. The van der Waals surface area contributed by atoms with E-state index in [0.717, 1.165) is 30.0 Å². The van der Waals surface area contributed by atoms with Gasteiger partial charge in [-0.15, -0.1) is 0 Å². The number of carboxylic acid groups (broad SMARTS) is 1. The predicted octanol–water partition coefficient (Wildman–Crippen LogP) is 0.403. The summed E-state index contributed by atoms with van der Waals surface area (Å²) in [5.41, 5.74) is 0. The fourth-order valence-corrected chi connectivity index (χ4v) is 6.93. The number of rotatable bonds is 9. The molecule has 0 saturated heterocycles. The van der Waals surface area contributed by atoms with Gasteiger partial charge in [0.2, 0.25) is 10.0 Å². The minimum Gasteiger partial charge on any atom is -0.550 e. The van der Waals surface area contributed by atoms with Gasteiger partial charge < -0.3 is 9.90 Å². The van der Waals surface area contributed by atoms with Crippen LogP contribution in [-0.4, -0.2) is 20.4 Å². The molecule has 1 unspecified atom stereocenters. The van der Waals surface area contributed by atoms with E-state index in [4.69, 9.17) is 0 Å². The molecule has 2 aromatic carbocycles. The van der Waals surface area contributed by atoms with E-state index in [1.54, 1.807) is 12.1 Å². The maximum atomic E-state index is 13.3. The molecule has 2 saturated carbocycles. The van der Waals surface area contributed by atoms with Crippen LogP contribution in [-0.2, 0) is 14.8 Å². The van der Waals surface area contributed by atoms with Crippen LogP contribution in [0.1, 0.15) is 44.9 Å². The number of allylic oxidation sites excluding steroid dienone is 2. The second kappa shape index (κ2) is 10.6. The number of carbonyl (C=O) groups is 1. The first-order chi connectivity index (χ1) is 14.5. The number of nitrogens with one attached hydrogen (secondary N) is 1. The number of hydrogen-bond donors (Lipinski definition) is 1. The molecular weight excluding hydrogens is 421 g/mol. The van der Waals surface area contributed by atoms with Gasteiger partial charge >= 0.3 is 29.6 Å². The Morgan fingerprint density at radius 2 is 1.81 bits per heavy atom. The molecule has 0 aliphatic heterocycles. The van der Waals surface area contributed by atoms with Crippen LogP contribution in [0.3, 0.4) is 0 Å². The molecule has 0 heterocycles. The van der Waals surface area contributed by atoms with Gasteiger partial charge in [0.25, 0.3) is 0 Å². The monoisotopic (exact) mass is 449 g/mol. The van der Waals surface area contributed by atoms with Gasteiger partial charge in [0, 0.05) is 17.4 Å². The average Bonchev–Trinajstić information content (AvgIpc) is 3.32. The Kier molecular flexibility index (Phi) is 8.38. The number of aliphatic carboxylic acids is 1. The Labute approximate surface area is 206 Å². The zero-order valence-electron chi connectivity index (χ0n) is 18.0. The molecule has 2 aromatic rings. The van der Waals surface area contributed by atoms with Crippen LogP contribution in [0.15, 0.2) is 59.5 Å². The van der Waals surface area contributed by atoms with Crippen molar-refractivity contribution in [1.82, 2.24) is 4.72 Å². The maximum absolute atomic E-state index is 13.3. The number of benzene rings is 2. The summed E-state index contributed by atoms with van der Waals surface area (Å²) in [5.74, 6) is 0.240. The second-order valence-corrected chi connectivity index (χ2v) is 10.3. The molecule has 0 spiro atoms. The van der Waals surface area contributed by atoms with Crippen LogP contribution in [0.2, 0.25) is 0 Å². The number of unbranched alkanes of at least 4 members (excludes halogenated alkanes) is 1. The van der Waals surface area contributed by atoms with E-state index in [0.29, 0.717) is 35.5 Å². The van der Waals surface area contributed by atoms with Crippen molar-refractivity contribution in [2.45, 2.75) is 55.9 Å². The summed E-state index contributed by atoms with van der Waals surface area (Å²) in [6, 6.07) is 12.9. The topological polar surface area (TPSA) is 86.3 Å². The number of carboxylic acids is 1. The molecule has 2 aliphatic rings. The van der Waals surface area contributed by atoms with Crippen LogP contribution in [0.25, 0.3) is 10.8 Å². The van der Waals surface area contributed by atoms with Crippen molar-refractivity contribution >= 4 is 26.8 Å². The predicted molar refractivity (Wildman–Crippen MR) is 115 cm³/mol. The quantitative estimate of drug-likeness (QED) is 0.341. The van der Waals surface area contributed by atoms with Gasteiger partial charge in [0.05, 0.1) is 4.90 Å². The molecule has 2 fully saturated rings. The van der Waals surface area contributed by atoms with E-state index in [1.807, 2.05) is 36.4 Å². The summed E-state index contributed by atoms with van der Waals surface area (Å²) >= 11 is 0. The van der Waals surface area contributed by atoms with E-state index >= 15 is 0 Å². The standard InChI is InChI=1S/C24H29NO4S.Na/c26-23(27)13-4-2-1-3-11-21-18-14-15-19(16-18)24(21)25-30(28,29)22-12-7-9-17-8-5-6-10-20(17)22;/h1,3,5-10,12,18-19,21,24-25H,2,4,11,13-16H2,(H,26,27);/q;+1/p-1/b3-1-;/t18-,19?,21+,24+;/m1./s1. The molecule has 0 radical (unpaired) electrons. The summed E-state index contributed by atoms with van der Waals surface area (Å²) in [4.78, 5) is 10.8. The summed E-state index contributed by atoms with van der Waals surface area (Å²) in [6.07, 6.45) is 9.64. The molecular formula is C24H28NNaO4S. The zero-order chi connectivity index (χ0) is 21.1. The molecule has 0 aromatic heterocycles. The van der Waals surface area contributed by atoms with Gasteiger partial charge in [-0.1, -0.05) is 48.6 Å². The van der Waals surface area contributed by atoms with Crippen LogP contribution in [0.4, 0.5) is 0 Å². The van der Waals surface area contributed by atoms with Crippen LogP contribution in [0, 0.1) is 17.8 Å². The molecule has 160 valence electrons. The minimum atomic E-state index is -3.62. The first-order valence-electron chi connectivity index (χ1n) is 10.8. The van der Waals surface area contributed by atoms with Crippen molar-refractivity contribution in [2.24, 2.45) is 17.8 Å². The number of fused-ring (bicyclic) bond motifs is 3. The SMILES string of the molecule is O=C([O-])CCC/C=C\C[C@H]1[C@@H]2CCC(C2)[C@@H]1NS(=O)(=O)c1cccc2ccccc12.[Na+]. The van der Waals surface area contributed by atoms with Crippen LogP contribution < -0.4 is 39.4 Å². The van der Waals surface area contributed by atoms with Gasteiger partial charge in [-0.2, -0.15) is 0 Å². The third kappa shape index (κ3) is 5.60. The van der Waals surface area contributed by atoms with Crippen molar-refractivity contribution in [3.63, 3.8) is 0 Å². The smallest absolute Gasteiger partial charge is 0.550 e. The van der Waals surface area contributed by atoms with Gasteiger partial charge in [-0.05, 0) is 74.2 Å². The fraction of sp³-hybridized carbons (Fsp3) is 0.458. The Hall–Kier alpha value is -1.18. The van der Waals surface area contributed by atoms with E-state index in [9.17, 15) is 18.3 Å². The van der Waals surface area contributed by atoms with Crippen molar-refractivity contribution in [3.8, 4) is 0 Å². The summed E-state index contributed by atoms with van der Waals surface area (Å²) < 4.78 is 29.7. The molecule has 2 aliphatic carbocycles. The summed E-state index contributed by atoms with van der Waals surface area (Å²) in [7, 11) is -3.62. The maximum Gasteiger partial charge on any atom is 1.00 e. The molecule has 4 rings (SSSR count). The third-order valence-electron chi connectivity index (χ3n) is 6.75. The minimum absolute atomic E-state index is 0. The largest absolute Gasteiger partial charge is 1.00 e. The van der Waals surface area contributed by atoms with Crippen molar-refractivity contribution in [1.29, 1.82) is 0 Å². The van der Waals surface area contributed by atoms with Gasteiger partial charge in [0.15, 0.2) is 0 Å². The van der Waals surface area contributed by atoms with Gasteiger partial charge in [-0.25, -0.2) is 13.1 Å². The molecule has 0 amide bonds. The van der Waals surface area contributed by atoms with Gasteiger partial charge in [0.1, 0.15) is 0 Å². The first kappa shape index (κ1) is 24.5. The molecule has 7 heteroatoms. The molecule has 4 atom stereocenters. The normalized spacial score (nSPS) is 25.2. The Bertz CT molecular complexity index is 1050. The van der Waals surface area contributed by atoms with Gasteiger partial charge in [-0.3, -0.25) is 0 Å². The molecule has 31 heavy (non-hydrogen) atoms. The third-order valence-corrected chi connectivity index (χ3v) is 8.26. The molecule has 1 N–H and O–H groups in total. The number of carbonyl (C=O) groups excluding carboxylic acids is 1. The Morgan fingerprint density at radius 1 is 1.06 bits per heavy atom. The summed E-state index contributed by atoms with van der Waals surface area (Å²) in [6.45, 7) is 0. The van der Waals surface area contributed by atoms with Crippen molar-refractivity contribution in [2.75, 3.05) is 0 Å². The van der Waals surface area contributed by atoms with E-state index in [1.165, 1.54) is 6.42 Å². The van der Waals surface area contributed by atoms with E-state index in [-0.39, 0.29) is 42.0 Å². The Morgan fingerprint density at radius 3 is 2.61 bits per heavy atom. The second-order valence-electron chi connectivity index (χ2n) is 8.59. The van der Waals surface area contributed by atoms with E-state index < -0.39 is 16.0 Å². The summed E-state index contributed by atoms with van der Waals surface area (Å²) in [5, 5.41) is 12.2. The fourth-order valence-electron chi connectivity index (χ4n) is 5.34. The van der Waals surface area contributed by atoms with Crippen LogP contribution in [0.5, 0.6) is 0 Å². The molecule has 2 bridgehead atoms.